The number of rotatable bonds is 3. The Bertz CT molecular complexity index is 791. The first-order valence-corrected chi connectivity index (χ1v) is 7.31. The fourth-order valence-corrected chi connectivity index (χ4v) is 3.56. The van der Waals surface area contributed by atoms with Crippen LogP contribution in [0.3, 0.4) is 0 Å². The van der Waals surface area contributed by atoms with E-state index in [1.165, 1.54) is 11.5 Å². The Morgan fingerprint density at radius 1 is 1.10 bits per heavy atom. The van der Waals surface area contributed by atoms with Crippen molar-refractivity contribution in [1.29, 1.82) is 0 Å². The third-order valence-electron chi connectivity index (χ3n) is 3.73. The van der Waals surface area contributed by atoms with E-state index in [0.29, 0.717) is 6.54 Å². The summed E-state index contributed by atoms with van der Waals surface area (Å²) in [6.07, 6.45) is 0. The molecule has 1 aromatic heterocycles. The van der Waals surface area contributed by atoms with Gasteiger partial charge in [-0.1, -0.05) is 54.0 Å². The molecule has 0 saturated carbocycles. The van der Waals surface area contributed by atoms with Crippen LogP contribution in [0.5, 0.6) is 0 Å². The molecule has 0 fully saturated rings. The Kier molecular flexibility index (Phi) is 3.20. The van der Waals surface area contributed by atoms with Gasteiger partial charge in [0.1, 0.15) is 0 Å². The third-order valence-corrected chi connectivity index (χ3v) is 5.04. The van der Waals surface area contributed by atoms with Gasteiger partial charge < -0.3 is 5.73 Å². The molecule has 0 spiro atoms. The van der Waals surface area contributed by atoms with Crippen LogP contribution in [0.4, 0.5) is 0 Å². The molecule has 0 saturated heterocycles. The molecule has 2 aromatic carbocycles. The molecule has 0 aliphatic carbocycles. The summed E-state index contributed by atoms with van der Waals surface area (Å²) in [5.74, 6) is 0. The SMILES string of the molecule is CC(CN)(c1ccccc1)n1sc2ccccc2c1=O. The van der Waals surface area contributed by atoms with E-state index in [0.717, 1.165) is 15.6 Å². The molecule has 3 aromatic rings. The summed E-state index contributed by atoms with van der Waals surface area (Å²) in [5.41, 5.74) is 6.58. The first kappa shape index (κ1) is 13.1. The van der Waals surface area contributed by atoms with Crippen LogP contribution in [0.2, 0.25) is 0 Å². The molecule has 0 aliphatic rings. The summed E-state index contributed by atoms with van der Waals surface area (Å²) in [6, 6.07) is 17.6. The quantitative estimate of drug-likeness (QED) is 0.804. The minimum atomic E-state index is -0.512. The van der Waals surface area contributed by atoms with Crippen molar-refractivity contribution in [2.45, 2.75) is 12.5 Å². The van der Waals surface area contributed by atoms with Crippen LogP contribution in [0.25, 0.3) is 10.1 Å². The molecule has 20 heavy (non-hydrogen) atoms. The van der Waals surface area contributed by atoms with Crippen molar-refractivity contribution in [1.82, 2.24) is 3.96 Å². The summed E-state index contributed by atoms with van der Waals surface area (Å²) >= 11 is 1.47. The molecule has 2 N–H and O–H groups in total. The summed E-state index contributed by atoms with van der Waals surface area (Å²) in [6.45, 7) is 2.39. The highest BCUT2D eigenvalue weighted by molar-refractivity contribution is 7.13. The largest absolute Gasteiger partial charge is 0.328 e. The summed E-state index contributed by atoms with van der Waals surface area (Å²) in [4.78, 5) is 12.6. The minimum Gasteiger partial charge on any atom is -0.328 e. The second-order valence-electron chi connectivity index (χ2n) is 5.03. The molecule has 102 valence electrons. The Balaban J connectivity index is 2.27. The molecule has 0 bridgehead atoms. The summed E-state index contributed by atoms with van der Waals surface area (Å²) in [7, 11) is 0. The van der Waals surface area contributed by atoms with Gasteiger partial charge in [-0.15, -0.1) is 0 Å². The van der Waals surface area contributed by atoms with Crippen LogP contribution in [-0.4, -0.2) is 10.5 Å². The molecule has 1 atom stereocenters. The van der Waals surface area contributed by atoms with Crippen molar-refractivity contribution >= 4 is 21.6 Å². The lowest BCUT2D eigenvalue weighted by molar-refractivity contribution is 0.426. The molecule has 0 aliphatic heterocycles. The molecule has 3 nitrogen and oxygen atoms in total. The van der Waals surface area contributed by atoms with Gasteiger partial charge in [0.15, 0.2) is 0 Å². The van der Waals surface area contributed by atoms with Crippen LogP contribution in [0.1, 0.15) is 12.5 Å². The Morgan fingerprint density at radius 2 is 1.75 bits per heavy atom. The number of hydrogen-bond donors (Lipinski definition) is 1. The van der Waals surface area contributed by atoms with Crippen LogP contribution in [-0.2, 0) is 5.54 Å². The van der Waals surface area contributed by atoms with Gasteiger partial charge in [-0.2, -0.15) is 0 Å². The van der Waals surface area contributed by atoms with Gasteiger partial charge in [0.05, 0.1) is 15.6 Å². The zero-order valence-electron chi connectivity index (χ0n) is 11.2. The normalized spacial score (nSPS) is 14.3. The van der Waals surface area contributed by atoms with Crippen LogP contribution in [0, 0.1) is 0 Å². The number of nitrogens with zero attached hydrogens (tertiary/aromatic N) is 1. The van der Waals surface area contributed by atoms with Crippen molar-refractivity contribution in [3.63, 3.8) is 0 Å². The molecule has 1 heterocycles. The first-order valence-electron chi connectivity index (χ1n) is 6.54. The molecule has 3 rings (SSSR count). The van der Waals surface area contributed by atoms with Crippen molar-refractivity contribution in [2.24, 2.45) is 5.73 Å². The van der Waals surface area contributed by atoms with Crippen LogP contribution >= 0.6 is 11.5 Å². The fraction of sp³-hybridized carbons (Fsp3) is 0.188. The zero-order valence-corrected chi connectivity index (χ0v) is 12.1. The van der Waals surface area contributed by atoms with E-state index in [9.17, 15) is 4.79 Å². The van der Waals surface area contributed by atoms with E-state index in [1.54, 1.807) is 3.96 Å². The number of benzene rings is 2. The highest BCUT2D eigenvalue weighted by Gasteiger charge is 2.30. The molecular formula is C16H16N2OS. The minimum absolute atomic E-state index is 0.0300. The zero-order chi connectivity index (χ0) is 14.2. The Hall–Kier alpha value is -1.91. The second kappa shape index (κ2) is 4.89. The smallest absolute Gasteiger partial charge is 0.269 e. The van der Waals surface area contributed by atoms with E-state index in [4.69, 9.17) is 5.73 Å². The van der Waals surface area contributed by atoms with E-state index < -0.39 is 5.54 Å². The lowest BCUT2D eigenvalue weighted by Gasteiger charge is -2.28. The van der Waals surface area contributed by atoms with Gasteiger partial charge in [-0.05, 0) is 24.6 Å². The number of aromatic nitrogens is 1. The average Bonchev–Trinajstić information content (AvgIpc) is 2.85. The van der Waals surface area contributed by atoms with Crippen molar-refractivity contribution < 1.29 is 0 Å². The van der Waals surface area contributed by atoms with E-state index in [2.05, 4.69) is 0 Å². The summed E-state index contributed by atoms with van der Waals surface area (Å²) in [5, 5.41) is 0.758. The lowest BCUT2D eigenvalue weighted by Crippen LogP contribution is -2.42. The summed E-state index contributed by atoms with van der Waals surface area (Å²) < 4.78 is 2.79. The van der Waals surface area contributed by atoms with Crippen molar-refractivity contribution in [3.05, 3.63) is 70.5 Å². The van der Waals surface area contributed by atoms with Crippen molar-refractivity contribution in [2.75, 3.05) is 6.54 Å². The standard InChI is InChI=1S/C16H16N2OS/c1-16(11-17,12-7-3-2-4-8-12)18-15(19)13-9-5-6-10-14(13)20-18/h2-10H,11,17H2,1H3. The Morgan fingerprint density at radius 3 is 2.40 bits per heavy atom. The third kappa shape index (κ3) is 1.88. The maximum atomic E-state index is 12.6. The monoisotopic (exact) mass is 284 g/mol. The highest BCUT2D eigenvalue weighted by atomic mass is 32.1. The lowest BCUT2D eigenvalue weighted by atomic mass is 9.92. The van der Waals surface area contributed by atoms with E-state index >= 15 is 0 Å². The van der Waals surface area contributed by atoms with Gasteiger partial charge in [0.25, 0.3) is 5.56 Å². The second-order valence-corrected chi connectivity index (χ2v) is 6.02. The predicted octanol–water partition coefficient (Wildman–Crippen LogP) is 2.79. The molecule has 1 unspecified atom stereocenters. The predicted molar refractivity (Wildman–Crippen MR) is 84.3 cm³/mol. The molecule has 0 amide bonds. The van der Waals surface area contributed by atoms with Gasteiger partial charge in [0.2, 0.25) is 0 Å². The maximum Gasteiger partial charge on any atom is 0.269 e. The number of fused-ring (bicyclic) bond motifs is 1. The van der Waals surface area contributed by atoms with Gasteiger partial charge in [-0.25, -0.2) is 0 Å². The topological polar surface area (TPSA) is 48.0 Å². The molecular weight excluding hydrogens is 268 g/mol. The molecule has 4 heteroatoms. The van der Waals surface area contributed by atoms with Gasteiger partial charge in [-0.3, -0.25) is 8.75 Å². The first-order chi connectivity index (χ1) is 9.66. The van der Waals surface area contributed by atoms with Crippen LogP contribution < -0.4 is 11.3 Å². The molecule has 0 radical (unpaired) electrons. The van der Waals surface area contributed by atoms with Crippen LogP contribution in [0.15, 0.2) is 59.4 Å². The van der Waals surface area contributed by atoms with Crippen molar-refractivity contribution in [3.8, 4) is 0 Å². The maximum absolute atomic E-state index is 12.6. The number of hydrogen-bond acceptors (Lipinski definition) is 3. The number of nitrogens with two attached hydrogens (primary N) is 1. The highest BCUT2D eigenvalue weighted by Crippen LogP contribution is 2.28. The Labute approximate surface area is 121 Å². The van der Waals surface area contributed by atoms with Gasteiger partial charge in [0, 0.05) is 6.54 Å². The average molecular weight is 284 g/mol. The fourth-order valence-electron chi connectivity index (χ4n) is 2.41. The van der Waals surface area contributed by atoms with E-state index in [1.807, 2.05) is 61.5 Å². The van der Waals surface area contributed by atoms with E-state index in [-0.39, 0.29) is 5.56 Å². The van der Waals surface area contributed by atoms with Gasteiger partial charge >= 0.3 is 0 Å².